The molecule has 1 atom stereocenters. The SMILES string of the molecule is Cc1nn(-c2ccc(F)cc2)c(C)c1C(=O)NCC1CCCc2ccccc21. The van der Waals surface area contributed by atoms with E-state index in [1.807, 2.05) is 13.8 Å². The molecular weight excluding hydrogens is 353 g/mol. The summed E-state index contributed by atoms with van der Waals surface area (Å²) in [5, 5.41) is 7.61. The number of hydrogen-bond donors (Lipinski definition) is 1. The Morgan fingerprint density at radius 3 is 2.71 bits per heavy atom. The predicted octanol–water partition coefficient (Wildman–Crippen LogP) is 4.48. The molecule has 1 heterocycles. The van der Waals surface area contributed by atoms with Crippen LogP contribution in [-0.4, -0.2) is 22.2 Å². The van der Waals surface area contributed by atoms with Gasteiger partial charge in [0.1, 0.15) is 5.82 Å². The van der Waals surface area contributed by atoms with Gasteiger partial charge in [-0.2, -0.15) is 5.10 Å². The van der Waals surface area contributed by atoms with Crippen molar-refractivity contribution in [3.05, 3.63) is 82.4 Å². The number of carbonyl (C=O) groups excluding carboxylic acids is 1. The second kappa shape index (κ2) is 7.58. The Balaban J connectivity index is 1.52. The number of fused-ring (bicyclic) bond motifs is 1. The zero-order chi connectivity index (χ0) is 19.7. The van der Waals surface area contributed by atoms with Crippen LogP contribution in [0.1, 0.15) is 51.6 Å². The molecule has 0 aliphatic heterocycles. The van der Waals surface area contributed by atoms with Crippen LogP contribution in [-0.2, 0) is 6.42 Å². The van der Waals surface area contributed by atoms with Crippen molar-refractivity contribution in [1.29, 1.82) is 0 Å². The van der Waals surface area contributed by atoms with Crippen molar-refractivity contribution < 1.29 is 9.18 Å². The summed E-state index contributed by atoms with van der Waals surface area (Å²) in [7, 11) is 0. The second-order valence-corrected chi connectivity index (χ2v) is 7.43. The van der Waals surface area contributed by atoms with Gasteiger partial charge in [0.2, 0.25) is 0 Å². The number of benzene rings is 2. The van der Waals surface area contributed by atoms with Crippen LogP contribution in [0.3, 0.4) is 0 Å². The van der Waals surface area contributed by atoms with Crippen LogP contribution in [0.5, 0.6) is 0 Å². The quantitative estimate of drug-likeness (QED) is 0.729. The number of rotatable bonds is 4. The average molecular weight is 377 g/mol. The Morgan fingerprint density at radius 1 is 1.18 bits per heavy atom. The summed E-state index contributed by atoms with van der Waals surface area (Å²) < 4.78 is 14.9. The first-order valence-corrected chi connectivity index (χ1v) is 9.72. The molecule has 1 N–H and O–H groups in total. The Labute approximate surface area is 164 Å². The zero-order valence-electron chi connectivity index (χ0n) is 16.2. The Hall–Kier alpha value is -2.95. The first-order valence-electron chi connectivity index (χ1n) is 9.72. The van der Waals surface area contributed by atoms with Gasteiger partial charge in [-0.25, -0.2) is 9.07 Å². The molecule has 4 nitrogen and oxygen atoms in total. The standard InChI is InChI=1S/C23H24FN3O/c1-15-22(16(2)27(26-15)20-12-10-19(24)11-13-20)23(28)25-14-18-8-5-7-17-6-3-4-9-21(17)18/h3-4,6,9-13,18H,5,7-8,14H2,1-2H3,(H,25,28). The number of nitrogens with one attached hydrogen (secondary N) is 1. The molecule has 0 saturated heterocycles. The normalized spacial score (nSPS) is 15.9. The third-order valence-electron chi connectivity index (χ3n) is 5.59. The monoisotopic (exact) mass is 377 g/mol. The van der Waals surface area contributed by atoms with Gasteiger partial charge in [-0.1, -0.05) is 24.3 Å². The molecule has 1 aliphatic rings. The minimum atomic E-state index is -0.295. The Kier molecular flexibility index (Phi) is 4.99. The van der Waals surface area contributed by atoms with Gasteiger partial charge in [-0.05, 0) is 68.5 Å². The maximum Gasteiger partial charge on any atom is 0.255 e. The lowest BCUT2D eigenvalue weighted by molar-refractivity contribution is 0.0949. The lowest BCUT2D eigenvalue weighted by atomic mass is 9.83. The van der Waals surface area contributed by atoms with Crippen LogP contribution in [0, 0.1) is 19.7 Å². The van der Waals surface area contributed by atoms with Crippen molar-refractivity contribution in [1.82, 2.24) is 15.1 Å². The van der Waals surface area contributed by atoms with Gasteiger partial charge in [0.05, 0.1) is 22.6 Å². The van der Waals surface area contributed by atoms with Crippen LogP contribution in [0.4, 0.5) is 4.39 Å². The van der Waals surface area contributed by atoms with E-state index in [4.69, 9.17) is 0 Å². The molecule has 144 valence electrons. The zero-order valence-corrected chi connectivity index (χ0v) is 16.2. The van der Waals surface area contributed by atoms with E-state index in [1.54, 1.807) is 16.8 Å². The highest BCUT2D eigenvalue weighted by atomic mass is 19.1. The average Bonchev–Trinajstić information content (AvgIpc) is 3.01. The minimum Gasteiger partial charge on any atom is -0.351 e. The fourth-order valence-corrected chi connectivity index (χ4v) is 4.18. The van der Waals surface area contributed by atoms with Crippen LogP contribution < -0.4 is 5.32 Å². The summed E-state index contributed by atoms with van der Waals surface area (Å²) in [4.78, 5) is 12.9. The van der Waals surface area contributed by atoms with Crippen molar-refractivity contribution in [3.8, 4) is 5.69 Å². The molecule has 3 aromatic rings. The summed E-state index contributed by atoms with van der Waals surface area (Å²) >= 11 is 0. The minimum absolute atomic E-state index is 0.105. The lowest BCUT2D eigenvalue weighted by Gasteiger charge is -2.25. The molecule has 5 heteroatoms. The highest BCUT2D eigenvalue weighted by Gasteiger charge is 2.23. The first kappa shape index (κ1) is 18.4. The van der Waals surface area contributed by atoms with Crippen LogP contribution in [0.25, 0.3) is 5.69 Å². The summed E-state index contributed by atoms with van der Waals surface area (Å²) in [6.07, 6.45) is 3.35. The highest BCUT2D eigenvalue weighted by Crippen LogP contribution is 2.31. The number of aryl methyl sites for hydroxylation is 2. The van der Waals surface area contributed by atoms with E-state index in [0.717, 1.165) is 30.6 Å². The van der Waals surface area contributed by atoms with Gasteiger partial charge in [-0.3, -0.25) is 4.79 Å². The topological polar surface area (TPSA) is 46.9 Å². The molecule has 2 aromatic carbocycles. The molecule has 1 amide bonds. The van der Waals surface area contributed by atoms with E-state index in [1.165, 1.54) is 23.3 Å². The smallest absolute Gasteiger partial charge is 0.255 e. The summed E-state index contributed by atoms with van der Waals surface area (Å²) in [5.41, 5.74) is 5.50. The van der Waals surface area contributed by atoms with Crippen molar-refractivity contribution in [3.63, 3.8) is 0 Å². The van der Waals surface area contributed by atoms with Crippen LogP contribution >= 0.6 is 0 Å². The Bertz CT molecular complexity index is 1010. The third kappa shape index (κ3) is 3.44. The fourth-order valence-electron chi connectivity index (χ4n) is 4.18. The van der Waals surface area contributed by atoms with Gasteiger partial charge in [0.15, 0.2) is 0 Å². The highest BCUT2D eigenvalue weighted by molar-refractivity contribution is 5.96. The molecule has 0 saturated carbocycles. The Morgan fingerprint density at radius 2 is 1.93 bits per heavy atom. The molecule has 1 unspecified atom stereocenters. The maximum absolute atomic E-state index is 13.2. The number of aromatic nitrogens is 2. The van der Waals surface area contributed by atoms with Crippen molar-refractivity contribution in [2.24, 2.45) is 0 Å². The van der Waals surface area contributed by atoms with Gasteiger partial charge >= 0.3 is 0 Å². The third-order valence-corrected chi connectivity index (χ3v) is 5.59. The molecule has 28 heavy (non-hydrogen) atoms. The van der Waals surface area contributed by atoms with Crippen LogP contribution in [0.2, 0.25) is 0 Å². The van der Waals surface area contributed by atoms with E-state index in [-0.39, 0.29) is 11.7 Å². The molecule has 1 aliphatic carbocycles. The first-order chi connectivity index (χ1) is 13.5. The molecule has 0 bridgehead atoms. The van der Waals surface area contributed by atoms with Gasteiger partial charge in [0.25, 0.3) is 5.91 Å². The van der Waals surface area contributed by atoms with Gasteiger partial charge in [-0.15, -0.1) is 0 Å². The number of nitrogens with zero attached hydrogens (tertiary/aromatic N) is 2. The molecule has 4 rings (SSSR count). The number of amides is 1. The van der Waals surface area contributed by atoms with Gasteiger partial charge in [0, 0.05) is 12.5 Å². The molecule has 0 fully saturated rings. The summed E-state index contributed by atoms with van der Waals surface area (Å²) in [6.45, 7) is 4.32. The molecular formula is C23H24FN3O. The molecule has 0 radical (unpaired) electrons. The maximum atomic E-state index is 13.2. The summed E-state index contributed by atoms with van der Waals surface area (Å²) in [5.74, 6) is -0.0518. The molecule has 0 spiro atoms. The van der Waals surface area contributed by atoms with Crippen molar-refractivity contribution in [2.45, 2.75) is 39.0 Å². The number of carbonyl (C=O) groups is 1. The van der Waals surface area contributed by atoms with E-state index < -0.39 is 0 Å². The summed E-state index contributed by atoms with van der Waals surface area (Å²) in [6, 6.07) is 14.6. The second-order valence-electron chi connectivity index (χ2n) is 7.43. The number of hydrogen-bond acceptors (Lipinski definition) is 2. The van der Waals surface area contributed by atoms with E-state index in [2.05, 4.69) is 34.7 Å². The van der Waals surface area contributed by atoms with E-state index in [9.17, 15) is 9.18 Å². The molecule has 1 aromatic heterocycles. The van der Waals surface area contributed by atoms with E-state index in [0.29, 0.717) is 23.7 Å². The van der Waals surface area contributed by atoms with Crippen molar-refractivity contribution in [2.75, 3.05) is 6.54 Å². The van der Waals surface area contributed by atoms with Gasteiger partial charge < -0.3 is 5.32 Å². The van der Waals surface area contributed by atoms with Crippen LogP contribution in [0.15, 0.2) is 48.5 Å². The number of halogens is 1. The largest absolute Gasteiger partial charge is 0.351 e. The fraction of sp³-hybridized carbons (Fsp3) is 0.304. The van der Waals surface area contributed by atoms with E-state index >= 15 is 0 Å². The predicted molar refractivity (Wildman–Crippen MR) is 107 cm³/mol. The van der Waals surface area contributed by atoms with Crippen molar-refractivity contribution >= 4 is 5.91 Å². The lowest BCUT2D eigenvalue weighted by Crippen LogP contribution is -2.30.